The van der Waals surface area contributed by atoms with Crippen LogP contribution >= 0.6 is 0 Å². The van der Waals surface area contributed by atoms with Crippen LogP contribution < -0.4 is 0 Å². The summed E-state index contributed by atoms with van der Waals surface area (Å²) < 4.78 is 49.8. The first-order valence-corrected chi connectivity index (χ1v) is 13.5. The van der Waals surface area contributed by atoms with Gasteiger partial charge in [-0.25, -0.2) is 4.79 Å². The van der Waals surface area contributed by atoms with Crippen LogP contribution in [0.15, 0.2) is 48.9 Å². The second-order valence-electron chi connectivity index (χ2n) is 11.3. The van der Waals surface area contributed by atoms with Crippen LogP contribution in [-0.4, -0.2) is 68.8 Å². The number of amides is 1. The summed E-state index contributed by atoms with van der Waals surface area (Å²) in [5.74, 6) is 0. The van der Waals surface area contributed by atoms with E-state index in [1.165, 1.54) is 12.3 Å². The van der Waals surface area contributed by atoms with Crippen LogP contribution in [0.1, 0.15) is 38.4 Å². The second kappa shape index (κ2) is 10.7. The van der Waals surface area contributed by atoms with Gasteiger partial charge in [0.2, 0.25) is 0 Å². The van der Waals surface area contributed by atoms with Gasteiger partial charge in [0.15, 0.2) is 0 Å². The third-order valence-electron chi connectivity index (χ3n) is 7.33. The lowest BCUT2D eigenvalue weighted by atomic mass is 10.0. The number of benzene rings is 1. The number of fused-ring (bicyclic) bond motifs is 3. The summed E-state index contributed by atoms with van der Waals surface area (Å²) >= 11 is 0. The Morgan fingerprint density at radius 3 is 2.40 bits per heavy atom. The third kappa shape index (κ3) is 5.91. The molecular weight excluding hydrogens is 519 g/mol. The fourth-order valence-corrected chi connectivity index (χ4v) is 5.28. The molecule has 0 N–H and O–H groups in total. The fourth-order valence-electron chi connectivity index (χ4n) is 5.28. The summed E-state index contributed by atoms with van der Waals surface area (Å²) in [5, 5.41) is 2.00. The number of alkyl halides is 3. The van der Waals surface area contributed by atoms with E-state index in [1.54, 1.807) is 17.3 Å². The van der Waals surface area contributed by atoms with Crippen molar-refractivity contribution in [3.05, 3.63) is 60.2 Å². The van der Waals surface area contributed by atoms with Gasteiger partial charge in [0, 0.05) is 73.7 Å². The van der Waals surface area contributed by atoms with Gasteiger partial charge in [0.25, 0.3) is 0 Å². The summed E-state index contributed by atoms with van der Waals surface area (Å²) in [5.41, 5.74) is 1.86. The molecule has 10 heteroatoms. The van der Waals surface area contributed by atoms with E-state index in [2.05, 4.69) is 14.9 Å². The van der Waals surface area contributed by atoms with Gasteiger partial charge in [0.1, 0.15) is 5.60 Å². The number of nitrogens with zero attached hydrogens (tertiary/aromatic N) is 5. The lowest BCUT2D eigenvalue weighted by molar-refractivity contribution is -0.138. The van der Waals surface area contributed by atoms with E-state index in [9.17, 15) is 18.0 Å². The minimum atomic E-state index is -4.51. The first-order chi connectivity index (χ1) is 18.9. The lowest BCUT2D eigenvalue weighted by Crippen LogP contribution is -2.50. The average Bonchev–Trinajstić information content (AvgIpc) is 3.19. The normalized spacial score (nSPS) is 15.2. The highest BCUT2D eigenvalue weighted by molar-refractivity contribution is 6.08. The summed E-state index contributed by atoms with van der Waals surface area (Å²) in [4.78, 5) is 24.6. The number of aromatic nitrogens is 3. The van der Waals surface area contributed by atoms with Crippen LogP contribution in [0.3, 0.4) is 0 Å². The Kier molecular flexibility index (Phi) is 7.48. The van der Waals surface area contributed by atoms with Crippen molar-refractivity contribution in [2.75, 3.05) is 32.7 Å². The van der Waals surface area contributed by atoms with Crippen LogP contribution in [0.2, 0.25) is 0 Å². The largest absolute Gasteiger partial charge is 0.444 e. The first-order valence-electron chi connectivity index (χ1n) is 13.5. The van der Waals surface area contributed by atoms with E-state index in [1.807, 2.05) is 56.7 Å². The van der Waals surface area contributed by atoms with E-state index in [0.29, 0.717) is 50.3 Å². The Balaban J connectivity index is 1.27. The quantitative estimate of drug-likeness (QED) is 0.291. The molecule has 7 nitrogen and oxygen atoms in total. The molecule has 1 amide bonds. The van der Waals surface area contributed by atoms with Crippen LogP contribution in [0, 0.1) is 0 Å². The number of pyridine rings is 2. The molecule has 4 aromatic rings. The van der Waals surface area contributed by atoms with Crippen molar-refractivity contribution in [3.63, 3.8) is 0 Å². The van der Waals surface area contributed by atoms with Crippen molar-refractivity contribution < 1.29 is 22.7 Å². The number of halogens is 3. The molecule has 0 bridgehead atoms. The smallest absolute Gasteiger partial charge is 0.418 e. The fraction of sp³-hybridized carbons (Fsp3) is 0.433. The van der Waals surface area contributed by atoms with E-state index in [-0.39, 0.29) is 18.2 Å². The predicted octanol–water partition coefficient (Wildman–Crippen LogP) is 6.29. The number of carbonyl (C=O) groups is 1. The van der Waals surface area contributed by atoms with Crippen LogP contribution in [0.25, 0.3) is 32.9 Å². The van der Waals surface area contributed by atoms with E-state index >= 15 is 0 Å². The van der Waals surface area contributed by atoms with Crippen LogP contribution in [0.4, 0.5) is 18.0 Å². The maximum absolute atomic E-state index is 14.1. The highest BCUT2D eigenvalue weighted by atomic mass is 19.4. The van der Waals surface area contributed by atoms with E-state index in [0.717, 1.165) is 21.8 Å². The van der Waals surface area contributed by atoms with Gasteiger partial charge in [-0.2, -0.15) is 13.2 Å². The van der Waals surface area contributed by atoms with Gasteiger partial charge in [0.05, 0.1) is 16.8 Å². The van der Waals surface area contributed by atoms with Crippen LogP contribution in [-0.2, 0) is 24.4 Å². The van der Waals surface area contributed by atoms with Crippen molar-refractivity contribution in [1.82, 2.24) is 24.3 Å². The number of hydrogen-bond donors (Lipinski definition) is 0. The maximum atomic E-state index is 14.1. The molecular formula is C30H34F3N5O2. The zero-order valence-corrected chi connectivity index (χ0v) is 23.3. The number of piperazine rings is 1. The Morgan fingerprint density at radius 1 is 0.950 bits per heavy atom. The molecule has 0 aliphatic carbocycles. The molecule has 40 heavy (non-hydrogen) atoms. The van der Waals surface area contributed by atoms with Gasteiger partial charge in [-0.05, 0) is 63.9 Å². The van der Waals surface area contributed by atoms with Crippen molar-refractivity contribution in [2.45, 2.75) is 45.4 Å². The molecule has 1 saturated heterocycles. The standard InChI is InChI=1S/C30H34F3N5O2/c1-29(2,3)40-28(39)38-14-12-37(13-15-38)11-5-6-25-24(30(31,32)33)16-21(18-35-25)20-7-8-22-23-19-34-10-9-26(23)36(4)27(22)17-20/h7-10,16-19H,5-6,11-15H2,1-4H3. The zero-order chi connectivity index (χ0) is 28.7. The molecule has 0 saturated carbocycles. The molecule has 0 atom stereocenters. The monoisotopic (exact) mass is 553 g/mol. The summed E-state index contributed by atoms with van der Waals surface area (Å²) in [7, 11) is 1.94. The molecule has 1 fully saturated rings. The molecule has 1 aliphatic heterocycles. The zero-order valence-electron chi connectivity index (χ0n) is 23.3. The van der Waals surface area contributed by atoms with Gasteiger partial charge >= 0.3 is 12.3 Å². The molecule has 1 aromatic carbocycles. The molecule has 212 valence electrons. The minimum absolute atomic E-state index is 0.0559. The number of rotatable bonds is 5. The summed E-state index contributed by atoms with van der Waals surface area (Å²) in [6.45, 7) is 8.51. The Bertz CT molecular complexity index is 1530. The van der Waals surface area contributed by atoms with E-state index < -0.39 is 17.3 Å². The first kappa shape index (κ1) is 27.9. The third-order valence-corrected chi connectivity index (χ3v) is 7.33. The molecule has 0 spiro atoms. The number of hydrogen-bond acceptors (Lipinski definition) is 5. The second-order valence-corrected chi connectivity index (χ2v) is 11.3. The van der Waals surface area contributed by atoms with Crippen molar-refractivity contribution in [2.24, 2.45) is 7.05 Å². The average molecular weight is 554 g/mol. The van der Waals surface area contributed by atoms with Gasteiger partial charge in [-0.1, -0.05) is 12.1 Å². The minimum Gasteiger partial charge on any atom is -0.444 e. The number of ether oxygens (including phenoxy) is 1. The van der Waals surface area contributed by atoms with Crippen LogP contribution in [0.5, 0.6) is 0 Å². The van der Waals surface area contributed by atoms with E-state index in [4.69, 9.17) is 4.74 Å². The molecule has 0 unspecified atom stereocenters. The highest BCUT2D eigenvalue weighted by Gasteiger charge is 2.34. The SMILES string of the molecule is Cn1c2ccncc2c2ccc(-c3cnc(CCCN4CCN(C(=O)OC(C)(C)C)CC4)c(C(F)(F)F)c3)cc21. The van der Waals surface area contributed by atoms with Crippen molar-refractivity contribution in [1.29, 1.82) is 0 Å². The Labute approximate surface area is 231 Å². The molecule has 4 heterocycles. The molecule has 0 radical (unpaired) electrons. The topological polar surface area (TPSA) is 63.5 Å². The van der Waals surface area contributed by atoms with Gasteiger partial charge in [-0.15, -0.1) is 0 Å². The maximum Gasteiger partial charge on any atom is 0.418 e. The summed E-state index contributed by atoms with van der Waals surface area (Å²) in [6.07, 6.45) is 0.986. The van der Waals surface area contributed by atoms with Crippen molar-refractivity contribution in [3.8, 4) is 11.1 Å². The number of aryl methyl sites for hydroxylation is 2. The predicted molar refractivity (Wildman–Crippen MR) is 149 cm³/mol. The molecule has 1 aliphatic rings. The highest BCUT2D eigenvalue weighted by Crippen LogP contribution is 2.36. The number of carbonyl (C=O) groups excluding carboxylic acids is 1. The van der Waals surface area contributed by atoms with Gasteiger partial charge < -0.3 is 14.2 Å². The summed E-state index contributed by atoms with van der Waals surface area (Å²) in [6, 6.07) is 8.81. The Hall–Kier alpha value is -3.66. The lowest BCUT2D eigenvalue weighted by Gasteiger charge is -2.35. The Morgan fingerprint density at radius 2 is 1.70 bits per heavy atom. The molecule has 5 rings (SSSR count). The van der Waals surface area contributed by atoms with Crippen molar-refractivity contribution >= 4 is 27.9 Å². The molecule has 3 aromatic heterocycles. The van der Waals surface area contributed by atoms with Gasteiger partial charge in [-0.3, -0.25) is 14.9 Å².